The Morgan fingerprint density at radius 2 is 2.13 bits per heavy atom. The predicted octanol–water partition coefficient (Wildman–Crippen LogP) is 0.963. The number of rotatable bonds is 4. The van der Waals surface area contributed by atoms with E-state index in [1.807, 2.05) is 27.7 Å². The number of hydrogen-bond acceptors (Lipinski definition) is 3. The van der Waals surface area contributed by atoms with Crippen LogP contribution in [0.1, 0.15) is 25.2 Å². The van der Waals surface area contributed by atoms with Gasteiger partial charge in [0.05, 0.1) is 23.6 Å². The maximum Gasteiger partial charge on any atom is 0.238 e. The van der Waals surface area contributed by atoms with E-state index in [4.69, 9.17) is 0 Å². The zero-order valence-corrected chi connectivity index (χ0v) is 9.64. The molecule has 84 valence electrons. The van der Waals surface area contributed by atoms with E-state index in [2.05, 4.69) is 20.8 Å². The molecule has 0 spiro atoms. The van der Waals surface area contributed by atoms with Crippen molar-refractivity contribution in [3.63, 3.8) is 0 Å². The van der Waals surface area contributed by atoms with Crippen molar-refractivity contribution in [3.8, 4) is 0 Å². The average molecular weight is 210 g/mol. The van der Waals surface area contributed by atoms with Gasteiger partial charge in [-0.05, 0) is 13.8 Å². The smallest absolute Gasteiger partial charge is 0.238 e. The van der Waals surface area contributed by atoms with Gasteiger partial charge in [0, 0.05) is 6.04 Å². The van der Waals surface area contributed by atoms with Crippen LogP contribution in [0.25, 0.3) is 0 Å². The minimum Gasteiger partial charge on any atom is -0.322 e. The fraction of sp³-hybridized carbons (Fsp3) is 0.600. The summed E-state index contributed by atoms with van der Waals surface area (Å²) in [6, 6.07) is 0.308. The summed E-state index contributed by atoms with van der Waals surface area (Å²) in [7, 11) is 0. The third kappa shape index (κ3) is 3.36. The highest BCUT2D eigenvalue weighted by atomic mass is 16.1. The normalized spacial score (nSPS) is 10.7. The quantitative estimate of drug-likeness (QED) is 0.693. The van der Waals surface area contributed by atoms with E-state index < -0.39 is 0 Å². The van der Waals surface area contributed by atoms with Gasteiger partial charge in [-0.1, -0.05) is 13.8 Å². The molecule has 0 aromatic carbocycles. The molecule has 0 aliphatic heterocycles. The largest absolute Gasteiger partial charge is 0.322 e. The molecule has 0 unspecified atom stereocenters. The molecule has 0 bridgehead atoms. The van der Waals surface area contributed by atoms with Crippen LogP contribution in [0.2, 0.25) is 0 Å². The standard InChI is InChI=1S/C10H18N4O/c1-6(2)11-5-9(15)12-10-7(3)13-14-8(10)4/h6,11H,5H2,1-4H3,(H,12,15)(H,13,14). The summed E-state index contributed by atoms with van der Waals surface area (Å²) in [6.07, 6.45) is 0. The predicted molar refractivity (Wildman–Crippen MR) is 59.8 cm³/mol. The second-order valence-electron chi connectivity index (χ2n) is 3.89. The van der Waals surface area contributed by atoms with E-state index in [0.717, 1.165) is 17.1 Å². The molecule has 0 radical (unpaired) electrons. The van der Waals surface area contributed by atoms with Gasteiger partial charge in [0.15, 0.2) is 0 Å². The van der Waals surface area contributed by atoms with Crippen LogP contribution in [0.4, 0.5) is 5.69 Å². The van der Waals surface area contributed by atoms with Gasteiger partial charge in [0.2, 0.25) is 5.91 Å². The molecule has 0 aliphatic rings. The van der Waals surface area contributed by atoms with Crippen LogP contribution in [0.15, 0.2) is 0 Å². The fourth-order valence-corrected chi connectivity index (χ4v) is 1.22. The van der Waals surface area contributed by atoms with Gasteiger partial charge in [-0.3, -0.25) is 9.89 Å². The van der Waals surface area contributed by atoms with Crippen LogP contribution in [0, 0.1) is 13.8 Å². The van der Waals surface area contributed by atoms with Crippen molar-refractivity contribution in [3.05, 3.63) is 11.4 Å². The van der Waals surface area contributed by atoms with Crippen molar-refractivity contribution in [1.29, 1.82) is 0 Å². The topological polar surface area (TPSA) is 69.8 Å². The first-order valence-electron chi connectivity index (χ1n) is 5.05. The molecule has 15 heavy (non-hydrogen) atoms. The van der Waals surface area contributed by atoms with Crippen LogP contribution in [-0.4, -0.2) is 28.7 Å². The van der Waals surface area contributed by atoms with Gasteiger partial charge >= 0.3 is 0 Å². The van der Waals surface area contributed by atoms with E-state index in [1.54, 1.807) is 0 Å². The number of aromatic nitrogens is 2. The summed E-state index contributed by atoms with van der Waals surface area (Å²) in [5, 5.41) is 12.7. The van der Waals surface area contributed by atoms with E-state index in [-0.39, 0.29) is 5.91 Å². The number of amides is 1. The summed E-state index contributed by atoms with van der Waals surface area (Å²) in [5.41, 5.74) is 2.47. The van der Waals surface area contributed by atoms with Crippen molar-refractivity contribution >= 4 is 11.6 Å². The molecule has 1 amide bonds. The van der Waals surface area contributed by atoms with Gasteiger partial charge in [-0.15, -0.1) is 0 Å². The Labute approximate surface area is 89.6 Å². The van der Waals surface area contributed by atoms with E-state index in [0.29, 0.717) is 12.6 Å². The number of aromatic amines is 1. The van der Waals surface area contributed by atoms with Crippen LogP contribution < -0.4 is 10.6 Å². The van der Waals surface area contributed by atoms with Crippen LogP contribution in [0.3, 0.4) is 0 Å². The lowest BCUT2D eigenvalue weighted by molar-refractivity contribution is -0.115. The maximum absolute atomic E-state index is 11.5. The first-order chi connectivity index (χ1) is 7.00. The molecule has 0 aliphatic carbocycles. The van der Waals surface area contributed by atoms with Crippen molar-refractivity contribution in [2.75, 3.05) is 11.9 Å². The Morgan fingerprint density at radius 3 is 2.60 bits per heavy atom. The maximum atomic E-state index is 11.5. The lowest BCUT2D eigenvalue weighted by Crippen LogP contribution is -2.32. The van der Waals surface area contributed by atoms with Gasteiger partial charge in [-0.25, -0.2) is 0 Å². The Morgan fingerprint density at radius 1 is 1.47 bits per heavy atom. The van der Waals surface area contributed by atoms with Crippen molar-refractivity contribution < 1.29 is 4.79 Å². The molecule has 0 saturated carbocycles. The fourth-order valence-electron chi connectivity index (χ4n) is 1.22. The summed E-state index contributed by atoms with van der Waals surface area (Å²) >= 11 is 0. The van der Waals surface area contributed by atoms with Gasteiger partial charge < -0.3 is 10.6 Å². The average Bonchev–Trinajstić information content (AvgIpc) is 2.46. The number of nitrogens with zero attached hydrogens (tertiary/aromatic N) is 1. The Hall–Kier alpha value is -1.36. The molecule has 0 fully saturated rings. The molecule has 5 heteroatoms. The minimum atomic E-state index is -0.0451. The SMILES string of the molecule is Cc1n[nH]c(C)c1NC(=O)CNC(C)C. The minimum absolute atomic E-state index is 0.0451. The Balaban J connectivity index is 2.51. The highest BCUT2D eigenvalue weighted by Crippen LogP contribution is 2.15. The van der Waals surface area contributed by atoms with E-state index >= 15 is 0 Å². The van der Waals surface area contributed by atoms with Gasteiger partial charge in [-0.2, -0.15) is 5.10 Å². The molecule has 0 saturated heterocycles. The highest BCUT2D eigenvalue weighted by molar-refractivity contribution is 5.93. The zero-order valence-electron chi connectivity index (χ0n) is 9.64. The van der Waals surface area contributed by atoms with Crippen LogP contribution >= 0.6 is 0 Å². The van der Waals surface area contributed by atoms with Crippen molar-refractivity contribution in [2.24, 2.45) is 0 Å². The third-order valence-corrected chi connectivity index (χ3v) is 2.06. The number of carbonyl (C=O) groups is 1. The highest BCUT2D eigenvalue weighted by Gasteiger charge is 2.09. The second kappa shape index (κ2) is 4.93. The van der Waals surface area contributed by atoms with E-state index in [9.17, 15) is 4.79 Å². The third-order valence-electron chi connectivity index (χ3n) is 2.06. The van der Waals surface area contributed by atoms with Gasteiger partial charge in [0.1, 0.15) is 0 Å². The van der Waals surface area contributed by atoms with Crippen molar-refractivity contribution in [2.45, 2.75) is 33.7 Å². The summed E-state index contributed by atoms with van der Waals surface area (Å²) in [4.78, 5) is 11.5. The number of H-pyrrole nitrogens is 1. The molecule has 1 aromatic heterocycles. The van der Waals surface area contributed by atoms with E-state index in [1.165, 1.54) is 0 Å². The molecule has 1 rings (SSSR count). The number of carbonyl (C=O) groups excluding carboxylic acids is 1. The Bertz CT molecular complexity index is 324. The molecule has 1 heterocycles. The lowest BCUT2D eigenvalue weighted by Gasteiger charge is -2.08. The number of hydrogen-bond donors (Lipinski definition) is 3. The Kier molecular flexibility index (Phi) is 3.85. The number of anilines is 1. The number of nitrogens with one attached hydrogen (secondary N) is 3. The molecule has 3 N–H and O–H groups in total. The van der Waals surface area contributed by atoms with Crippen molar-refractivity contribution in [1.82, 2.24) is 15.5 Å². The molecule has 0 atom stereocenters. The van der Waals surface area contributed by atoms with Crippen LogP contribution in [0.5, 0.6) is 0 Å². The van der Waals surface area contributed by atoms with Crippen LogP contribution in [-0.2, 0) is 4.79 Å². The first kappa shape index (κ1) is 11.7. The molecular formula is C10H18N4O. The summed E-state index contributed by atoms with van der Waals surface area (Å²) in [6.45, 7) is 8.06. The zero-order chi connectivity index (χ0) is 11.4. The second-order valence-corrected chi connectivity index (χ2v) is 3.89. The molecular weight excluding hydrogens is 192 g/mol. The monoisotopic (exact) mass is 210 g/mol. The molecule has 1 aromatic rings. The number of aryl methyl sites for hydroxylation is 2. The van der Waals surface area contributed by atoms with Gasteiger partial charge in [0.25, 0.3) is 0 Å². The molecule has 5 nitrogen and oxygen atoms in total. The summed E-state index contributed by atoms with van der Waals surface area (Å²) in [5.74, 6) is -0.0451. The summed E-state index contributed by atoms with van der Waals surface area (Å²) < 4.78 is 0. The lowest BCUT2D eigenvalue weighted by atomic mass is 10.3. The first-order valence-corrected chi connectivity index (χ1v) is 5.05.